The third kappa shape index (κ3) is 4.99. The molecule has 1 unspecified atom stereocenters. The fourth-order valence-corrected chi connectivity index (χ4v) is 3.19. The number of rotatable bonds is 4. The van der Waals surface area contributed by atoms with Gasteiger partial charge in [-0.05, 0) is 0 Å². The predicted octanol–water partition coefficient (Wildman–Crippen LogP) is -1.29. The van der Waals surface area contributed by atoms with Crippen LogP contribution in [0.2, 0.25) is 0 Å². The van der Waals surface area contributed by atoms with Gasteiger partial charge in [0.25, 0.3) is 5.40 Å². The highest BCUT2D eigenvalue weighted by Gasteiger charge is 2.55. The van der Waals surface area contributed by atoms with Crippen molar-refractivity contribution >= 4 is 21.4 Å². The van der Waals surface area contributed by atoms with Crippen LogP contribution in [-0.4, -0.2) is 54.8 Å². The van der Waals surface area contributed by atoms with Gasteiger partial charge in [0.15, 0.2) is 0 Å². The third-order valence-electron chi connectivity index (χ3n) is 1.64. The monoisotopic (exact) mass is 262 g/mol. The molecule has 1 atom stereocenters. The van der Waals surface area contributed by atoms with Crippen LogP contribution in [0.5, 0.6) is 0 Å². The van der Waals surface area contributed by atoms with E-state index in [-0.39, 0.29) is 0 Å². The molecule has 0 saturated heterocycles. The van der Waals surface area contributed by atoms with Gasteiger partial charge in [0, 0.05) is 14.1 Å². The summed E-state index contributed by atoms with van der Waals surface area (Å²) in [7, 11) is -7.01. The lowest BCUT2D eigenvalue weighted by Gasteiger charge is -2.19. The quantitative estimate of drug-likeness (QED) is 0.397. The van der Waals surface area contributed by atoms with Crippen LogP contribution in [0.1, 0.15) is 6.42 Å². The van der Waals surface area contributed by atoms with E-state index in [0.29, 0.717) is 0 Å². The van der Waals surface area contributed by atoms with Crippen LogP contribution in [-0.2, 0) is 9.36 Å². The maximum atomic E-state index is 11.1. The van der Waals surface area contributed by atoms with Crippen molar-refractivity contribution < 1.29 is 33.8 Å². The SMILES string of the molecule is CN(C)C(=O)CC(P(=O)(O)O)[P+](O)(O)O. The molecule has 15 heavy (non-hydrogen) atoms. The molecular formula is C5H14NO7P2+. The third-order valence-corrected chi connectivity index (χ3v) is 5.42. The van der Waals surface area contributed by atoms with E-state index in [0.717, 1.165) is 4.90 Å². The van der Waals surface area contributed by atoms with E-state index in [1.807, 2.05) is 0 Å². The van der Waals surface area contributed by atoms with Crippen molar-refractivity contribution in [3.05, 3.63) is 0 Å². The number of carbonyl (C=O) groups is 1. The molecule has 0 spiro atoms. The van der Waals surface area contributed by atoms with E-state index in [9.17, 15) is 9.36 Å². The first-order valence-corrected chi connectivity index (χ1v) is 7.18. The largest absolute Gasteiger partial charge is 0.420 e. The molecule has 0 bridgehead atoms. The first-order chi connectivity index (χ1) is 6.46. The van der Waals surface area contributed by atoms with Crippen molar-refractivity contribution in [2.45, 2.75) is 11.8 Å². The zero-order valence-corrected chi connectivity index (χ0v) is 9.97. The highest BCUT2D eigenvalue weighted by atomic mass is 31.3. The average Bonchev–Trinajstić information content (AvgIpc) is 1.94. The minimum absolute atomic E-state index is 0.718. The molecule has 0 aromatic heterocycles. The number of hydrogen-bond donors (Lipinski definition) is 5. The van der Waals surface area contributed by atoms with E-state index in [1.165, 1.54) is 14.1 Å². The van der Waals surface area contributed by atoms with E-state index in [4.69, 9.17) is 24.5 Å². The van der Waals surface area contributed by atoms with E-state index in [1.54, 1.807) is 0 Å². The summed E-state index contributed by atoms with van der Waals surface area (Å²) < 4.78 is 10.8. The lowest BCUT2D eigenvalue weighted by atomic mass is 10.4. The molecule has 0 aromatic carbocycles. The normalized spacial score (nSPS) is 14.9. The molecule has 10 heteroatoms. The van der Waals surface area contributed by atoms with Gasteiger partial charge in [0.05, 0.1) is 6.42 Å². The molecule has 0 aliphatic rings. The summed E-state index contributed by atoms with van der Waals surface area (Å²) in [6, 6.07) is 0. The highest BCUT2D eigenvalue weighted by Crippen LogP contribution is 2.66. The molecule has 0 fully saturated rings. The van der Waals surface area contributed by atoms with Crippen LogP contribution in [0.15, 0.2) is 0 Å². The fraction of sp³-hybridized carbons (Fsp3) is 0.800. The molecule has 0 heterocycles. The second kappa shape index (κ2) is 4.84. The Bertz CT molecular complexity index is 280. The molecule has 0 aliphatic carbocycles. The van der Waals surface area contributed by atoms with Gasteiger partial charge in [-0.2, -0.15) is 14.7 Å². The molecule has 0 radical (unpaired) electrons. The Labute approximate surface area is 86.9 Å². The van der Waals surface area contributed by atoms with Gasteiger partial charge in [0.1, 0.15) is 0 Å². The Morgan fingerprint density at radius 3 is 1.93 bits per heavy atom. The topological polar surface area (TPSA) is 139 Å². The molecular weight excluding hydrogens is 248 g/mol. The summed E-state index contributed by atoms with van der Waals surface area (Å²) in [5.74, 6) is -0.718. The molecule has 0 aliphatic heterocycles. The van der Waals surface area contributed by atoms with Gasteiger partial charge in [-0.15, -0.1) is 0 Å². The van der Waals surface area contributed by atoms with Crippen LogP contribution >= 0.6 is 15.5 Å². The molecule has 0 aromatic rings. The predicted molar refractivity (Wildman–Crippen MR) is 52.7 cm³/mol. The lowest BCUT2D eigenvalue weighted by Crippen LogP contribution is -2.27. The van der Waals surface area contributed by atoms with Crippen molar-refractivity contribution in [3.63, 3.8) is 0 Å². The maximum absolute atomic E-state index is 11.1. The van der Waals surface area contributed by atoms with Crippen LogP contribution in [0, 0.1) is 0 Å². The summed E-state index contributed by atoms with van der Waals surface area (Å²) in [4.78, 5) is 56.0. The first-order valence-electron chi connectivity index (χ1n) is 3.78. The molecule has 1 amide bonds. The summed E-state index contributed by atoms with van der Waals surface area (Å²) in [5, 5.41) is -2.15. The molecule has 90 valence electrons. The fourth-order valence-electron chi connectivity index (χ4n) is 0.782. The maximum Gasteiger partial charge on any atom is 0.420 e. The lowest BCUT2D eigenvalue weighted by molar-refractivity contribution is -0.128. The zero-order valence-electron chi connectivity index (χ0n) is 8.18. The Morgan fingerprint density at radius 2 is 1.73 bits per heavy atom. The number of amides is 1. The first kappa shape index (κ1) is 14.9. The smallest absolute Gasteiger partial charge is 0.349 e. The standard InChI is InChI=1S/C5H13NO7P2/c1-6(2)4(7)3-5(14(8,9)10)15(11,12)13/h5,8-10H,3H2,1-2H3,(H-,11,12,13)/p+1. The molecule has 0 rings (SSSR count). The second-order valence-electron chi connectivity index (χ2n) is 3.18. The summed E-state index contributed by atoms with van der Waals surface area (Å²) in [5.41, 5.74) is 0. The van der Waals surface area contributed by atoms with E-state index in [2.05, 4.69) is 0 Å². The van der Waals surface area contributed by atoms with Crippen LogP contribution in [0.3, 0.4) is 0 Å². The highest BCUT2D eigenvalue weighted by molar-refractivity contribution is 7.74. The Balaban J connectivity index is 4.86. The van der Waals surface area contributed by atoms with Gasteiger partial charge in [-0.3, -0.25) is 9.36 Å². The van der Waals surface area contributed by atoms with Gasteiger partial charge in [-0.1, -0.05) is 0 Å². The zero-order chi connectivity index (χ0) is 12.4. The minimum atomic E-state index is -4.94. The van der Waals surface area contributed by atoms with Crippen molar-refractivity contribution in [3.8, 4) is 0 Å². The van der Waals surface area contributed by atoms with Crippen molar-refractivity contribution in [2.24, 2.45) is 0 Å². The summed E-state index contributed by atoms with van der Waals surface area (Å²) in [6.45, 7) is 0. The Morgan fingerprint density at radius 1 is 1.33 bits per heavy atom. The van der Waals surface area contributed by atoms with Crippen LogP contribution < -0.4 is 0 Å². The Hall–Kier alpha value is -0.0700. The van der Waals surface area contributed by atoms with Gasteiger partial charge in [0.2, 0.25) is 5.91 Å². The molecule has 0 saturated carbocycles. The van der Waals surface area contributed by atoms with Gasteiger partial charge in [-0.25, -0.2) is 0 Å². The summed E-state index contributed by atoms with van der Waals surface area (Å²) >= 11 is 0. The van der Waals surface area contributed by atoms with Crippen LogP contribution in [0.25, 0.3) is 0 Å². The minimum Gasteiger partial charge on any atom is -0.349 e. The van der Waals surface area contributed by atoms with Crippen molar-refractivity contribution in [2.75, 3.05) is 14.1 Å². The number of hydrogen-bond acceptors (Lipinski definition) is 5. The van der Waals surface area contributed by atoms with Crippen molar-refractivity contribution in [1.82, 2.24) is 4.90 Å². The summed E-state index contributed by atoms with van der Waals surface area (Å²) in [6.07, 6.45) is -0.825. The van der Waals surface area contributed by atoms with Gasteiger partial charge >= 0.3 is 15.5 Å². The van der Waals surface area contributed by atoms with Crippen LogP contribution in [0.4, 0.5) is 0 Å². The van der Waals surface area contributed by atoms with E-state index >= 15 is 0 Å². The molecule has 5 N–H and O–H groups in total. The van der Waals surface area contributed by atoms with E-state index < -0.39 is 33.3 Å². The second-order valence-corrected chi connectivity index (χ2v) is 7.24. The van der Waals surface area contributed by atoms with Crippen molar-refractivity contribution in [1.29, 1.82) is 0 Å². The average molecular weight is 262 g/mol. The van der Waals surface area contributed by atoms with Gasteiger partial charge < -0.3 is 14.7 Å². The molecule has 8 nitrogen and oxygen atoms in total. The Kier molecular flexibility index (Phi) is 4.82. The number of carbonyl (C=O) groups excluding carboxylic acids is 1. The number of nitrogens with zero attached hydrogens (tertiary/aromatic N) is 1.